The first-order valence-corrected chi connectivity index (χ1v) is 8.03. The first-order chi connectivity index (χ1) is 10.2. The summed E-state index contributed by atoms with van der Waals surface area (Å²) >= 11 is 0. The SMILES string of the molecule is O=S(=O)(c1cccc2[nH]ccc12)c1cccc2[nH]ccc12. The Morgan fingerprint density at radius 3 is 1.62 bits per heavy atom. The van der Waals surface area contributed by atoms with Gasteiger partial charge in [-0.1, -0.05) is 12.1 Å². The lowest BCUT2D eigenvalue weighted by Crippen LogP contribution is -2.02. The van der Waals surface area contributed by atoms with Crippen molar-refractivity contribution < 1.29 is 8.42 Å². The number of H-pyrrole nitrogens is 2. The van der Waals surface area contributed by atoms with Crippen LogP contribution >= 0.6 is 0 Å². The van der Waals surface area contributed by atoms with Gasteiger partial charge in [0.1, 0.15) is 0 Å². The Kier molecular flexibility index (Phi) is 2.46. The molecule has 0 aliphatic rings. The van der Waals surface area contributed by atoms with Crippen LogP contribution in [-0.4, -0.2) is 18.4 Å². The summed E-state index contributed by atoms with van der Waals surface area (Å²) in [5, 5.41) is 1.43. The third kappa shape index (κ3) is 1.71. The largest absolute Gasteiger partial charge is 0.361 e. The Morgan fingerprint density at radius 1 is 0.667 bits per heavy atom. The predicted octanol–water partition coefficient (Wildman–Crippen LogP) is 3.48. The number of aromatic amines is 2. The molecule has 0 atom stereocenters. The lowest BCUT2D eigenvalue weighted by Gasteiger charge is -2.07. The van der Waals surface area contributed by atoms with Crippen LogP contribution in [0.1, 0.15) is 0 Å². The van der Waals surface area contributed by atoms with Gasteiger partial charge in [0.15, 0.2) is 0 Å². The van der Waals surface area contributed by atoms with Gasteiger partial charge < -0.3 is 9.97 Å². The fourth-order valence-electron chi connectivity index (χ4n) is 2.70. The third-order valence-electron chi connectivity index (χ3n) is 3.69. The molecule has 0 saturated carbocycles. The van der Waals surface area contributed by atoms with Crippen LogP contribution in [0.15, 0.2) is 70.7 Å². The van der Waals surface area contributed by atoms with Crippen molar-refractivity contribution in [3.63, 3.8) is 0 Å². The topological polar surface area (TPSA) is 65.7 Å². The van der Waals surface area contributed by atoms with E-state index in [1.807, 2.05) is 12.1 Å². The van der Waals surface area contributed by atoms with Gasteiger partial charge in [-0.15, -0.1) is 0 Å². The maximum absolute atomic E-state index is 13.0. The monoisotopic (exact) mass is 296 g/mol. The molecule has 4 rings (SSSR count). The van der Waals surface area contributed by atoms with Crippen LogP contribution in [0.2, 0.25) is 0 Å². The number of hydrogen-bond donors (Lipinski definition) is 2. The Morgan fingerprint density at radius 2 is 1.14 bits per heavy atom. The predicted molar refractivity (Wildman–Crippen MR) is 82.0 cm³/mol. The van der Waals surface area contributed by atoms with E-state index in [1.165, 1.54) is 0 Å². The molecule has 0 radical (unpaired) electrons. The number of aromatic nitrogens is 2. The highest BCUT2D eigenvalue weighted by Crippen LogP contribution is 2.31. The van der Waals surface area contributed by atoms with Crippen molar-refractivity contribution in [3.05, 3.63) is 60.9 Å². The van der Waals surface area contributed by atoms with Crippen molar-refractivity contribution in [3.8, 4) is 0 Å². The van der Waals surface area contributed by atoms with Crippen molar-refractivity contribution in [2.75, 3.05) is 0 Å². The van der Waals surface area contributed by atoms with Crippen LogP contribution in [-0.2, 0) is 9.84 Å². The van der Waals surface area contributed by atoms with E-state index in [4.69, 9.17) is 0 Å². The standard InChI is InChI=1S/C16H12N2O2S/c19-21(20,15-5-1-3-13-11(15)7-9-17-13)16-6-2-4-14-12(16)8-10-18-14/h1-10,17-18H. The summed E-state index contributed by atoms with van der Waals surface area (Å²) in [4.78, 5) is 6.75. The number of benzene rings is 2. The number of sulfone groups is 1. The van der Waals surface area contributed by atoms with Gasteiger partial charge in [-0.05, 0) is 36.4 Å². The van der Waals surface area contributed by atoms with Crippen LogP contribution in [0.4, 0.5) is 0 Å². The molecule has 2 aromatic carbocycles. The highest BCUT2D eigenvalue weighted by molar-refractivity contribution is 7.92. The van der Waals surface area contributed by atoms with Crippen molar-refractivity contribution in [1.82, 2.24) is 9.97 Å². The molecule has 0 aliphatic heterocycles. The Bertz CT molecular complexity index is 978. The summed E-state index contributed by atoms with van der Waals surface area (Å²) in [6.07, 6.45) is 3.50. The van der Waals surface area contributed by atoms with E-state index in [2.05, 4.69) is 9.97 Å². The van der Waals surface area contributed by atoms with Gasteiger partial charge in [0.25, 0.3) is 0 Å². The van der Waals surface area contributed by atoms with Crippen molar-refractivity contribution in [2.24, 2.45) is 0 Å². The maximum Gasteiger partial charge on any atom is 0.207 e. The highest BCUT2D eigenvalue weighted by atomic mass is 32.2. The molecule has 0 bridgehead atoms. The molecule has 0 fully saturated rings. The summed E-state index contributed by atoms with van der Waals surface area (Å²) in [6.45, 7) is 0. The summed E-state index contributed by atoms with van der Waals surface area (Å²) in [5.74, 6) is 0. The van der Waals surface area contributed by atoms with Gasteiger partial charge in [0.2, 0.25) is 9.84 Å². The third-order valence-corrected chi connectivity index (χ3v) is 5.56. The van der Waals surface area contributed by atoms with Crippen molar-refractivity contribution in [2.45, 2.75) is 9.79 Å². The van der Waals surface area contributed by atoms with E-state index in [-0.39, 0.29) is 0 Å². The van der Waals surface area contributed by atoms with Gasteiger partial charge in [0.05, 0.1) is 9.79 Å². The van der Waals surface area contributed by atoms with Crippen LogP contribution < -0.4 is 0 Å². The molecule has 0 spiro atoms. The normalized spacial score (nSPS) is 12.2. The molecular weight excluding hydrogens is 284 g/mol. The van der Waals surface area contributed by atoms with Crippen LogP contribution in [0.5, 0.6) is 0 Å². The summed E-state index contributed by atoms with van der Waals surface area (Å²) in [5.41, 5.74) is 1.63. The zero-order valence-corrected chi connectivity index (χ0v) is 11.8. The van der Waals surface area contributed by atoms with E-state index >= 15 is 0 Å². The fraction of sp³-hybridized carbons (Fsp3) is 0. The van der Waals surface area contributed by atoms with Gasteiger partial charge in [-0.25, -0.2) is 8.42 Å². The molecule has 2 heterocycles. The smallest absolute Gasteiger partial charge is 0.207 e. The van der Waals surface area contributed by atoms with E-state index in [9.17, 15) is 8.42 Å². The first-order valence-electron chi connectivity index (χ1n) is 6.55. The van der Waals surface area contributed by atoms with E-state index in [0.717, 1.165) is 11.0 Å². The lowest BCUT2D eigenvalue weighted by atomic mass is 10.2. The second kappa shape index (κ2) is 4.23. The van der Waals surface area contributed by atoms with Gasteiger partial charge in [0, 0.05) is 34.2 Å². The molecule has 0 unspecified atom stereocenters. The minimum absolute atomic E-state index is 0.329. The highest BCUT2D eigenvalue weighted by Gasteiger charge is 2.22. The molecule has 2 N–H and O–H groups in total. The fourth-order valence-corrected chi connectivity index (χ4v) is 4.39. The zero-order chi connectivity index (χ0) is 14.4. The average Bonchev–Trinajstić information content (AvgIpc) is 3.14. The quantitative estimate of drug-likeness (QED) is 0.594. The summed E-state index contributed by atoms with van der Waals surface area (Å²) in [6, 6.07) is 14.1. The molecule has 5 heteroatoms. The van der Waals surface area contributed by atoms with Crippen molar-refractivity contribution >= 4 is 31.6 Å². The molecule has 104 valence electrons. The molecule has 4 aromatic rings. The number of nitrogens with one attached hydrogen (secondary N) is 2. The van der Waals surface area contributed by atoms with Crippen LogP contribution in [0, 0.1) is 0 Å². The Labute approximate surface area is 121 Å². The maximum atomic E-state index is 13.0. The van der Waals surface area contributed by atoms with E-state index in [1.54, 1.807) is 48.8 Å². The number of fused-ring (bicyclic) bond motifs is 2. The molecular formula is C16H12N2O2S. The molecule has 4 nitrogen and oxygen atoms in total. The zero-order valence-electron chi connectivity index (χ0n) is 11.0. The van der Waals surface area contributed by atoms with Crippen LogP contribution in [0.3, 0.4) is 0 Å². The Balaban J connectivity index is 2.07. The number of rotatable bonds is 2. The van der Waals surface area contributed by atoms with E-state index < -0.39 is 9.84 Å². The minimum atomic E-state index is -3.57. The van der Waals surface area contributed by atoms with Gasteiger partial charge in [-0.3, -0.25) is 0 Å². The van der Waals surface area contributed by atoms with Gasteiger partial charge in [-0.2, -0.15) is 0 Å². The molecule has 0 amide bonds. The molecule has 2 aromatic heterocycles. The van der Waals surface area contributed by atoms with Gasteiger partial charge >= 0.3 is 0 Å². The summed E-state index contributed by atoms with van der Waals surface area (Å²) < 4.78 is 26.1. The Hall–Kier alpha value is -2.53. The van der Waals surface area contributed by atoms with Crippen LogP contribution in [0.25, 0.3) is 21.8 Å². The number of hydrogen-bond acceptors (Lipinski definition) is 2. The minimum Gasteiger partial charge on any atom is -0.361 e. The first kappa shape index (κ1) is 12.2. The summed E-state index contributed by atoms with van der Waals surface area (Å²) in [7, 11) is -3.57. The van der Waals surface area contributed by atoms with Crippen molar-refractivity contribution in [1.29, 1.82) is 0 Å². The second-order valence-electron chi connectivity index (χ2n) is 4.89. The molecule has 0 aliphatic carbocycles. The van der Waals surface area contributed by atoms with E-state index in [0.29, 0.717) is 20.6 Å². The second-order valence-corrected chi connectivity index (χ2v) is 6.78. The molecule has 0 saturated heterocycles. The average molecular weight is 296 g/mol. The molecule has 21 heavy (non-hydrogen) atoms. The lowest BCUT2D eigenvalue weighted by molar-refractivity contribution is 0.598.